The van der Waals surface area contributed by atoms with Gasteiger partial charge in [0.15, 0.2) is 0 Å². The number of amides is 3. The molecular weight excluding hydrogens is 292 g/mol. The molecule has 0 spiro atoms. The van der Waals surface area contributed by atoms with Crippen LogP contribution in [0.15, 0.2) is 0 Å². The first-order valence-corrected chi connectivity index (χ1v) is 9.28. The van der Waals surface area contributed by atoms with E-state index >= 15 is 0 Å². The van der Waals surface area contributed by atoms with Crippen LogP contribution >= 0.6 is 0 Å². The molecule has 2 N–H and O–H groups in total. The Labute approximate surface area is 139 Å². The van der Waals surface area contributed by atoms with Crippen molar-refractivity contribution >= 4 is 11.9 Å². The molecule has 1 aliphatic carbocycles. The molecule has 0 aromatic carbocycles. The topological polar surface area (TPSA) is 64.7 Å². The van der Waals surface area contributed by atoms with Gasteiger partial charge in [0.2, 0.25) is 5.91 Å². The Hall–Kier alpha value is -1.30. The van der Waals surface area contributed by atoms with E-state index < -0.39 is 0 Å². The van der Waals surface area contributed by atoms with E-state index in [-0.39, 0.29) is 24.5 Å². The smallest absolute Gasteiger partial charge is 0.315 e. The van der Waals surface area contributed by atoms with Crippen LogP contribution in [0.1, 0.15) is 51.4 Å². The summed E-state index contributed by atoms with van der Waals surface area (Å²) in [7, 11) is 0. The summed E-state index contributed by atoms with van der Waals surface area (Å²) in [5, 5.41) is 5.76. The van der Waals surface area contributed by atoms with Crippen molar-refractivity contribution in [1.82, 2.24) is 20.4 Å². The van der Waals surface area contributed by atoms with Crippen LogP contribution in [0.5, 0.6) is 0 Å². The predicted molar refractivity (Wildman–Crippen MR) is 89.2 cm³/mol. The fourth-order valence-electron chi connectivity index (χ4n) is 4.15. The first-order chi connectivity index (χ1) is 11.2. The van der Waals surface area contributed by atoms with E-state index in [1.54, 1.807) is 0 Å². The highest BCUT2D eigenvalue weighted by atomic mass is 16.2. The Morgan fingerprint density at radius 3 is 2.39 bits per heavy atom. The highest BCUT2D eigenvalue weighted by Crippen LogP contribution is 2.26. The summed E-state index contributed by atoms with van der Waals surface area (Å²) >= 11 is 0. The van der Waals surface area contributed by atoms with E-state index in [0.29, 0.717) is 0 Å². The number of nitrogens with one attached hydrogen (secondary N) is 2. The molecule has 2 aliphatic heterocycles. The Morgan fingerprint density at radius 2 is 1.65 bits per heavy atom. The van der Waals surface area contributed by atoms with Gasteiger partial charge in [-0.15, -0.1) is 0 Å². The predicted octanol–water partition coefficient (Wildman–Crippen LogP) is 1.31. The summed E-state index contributed by atoms with van der Waals surface area (Å²) in [6, 6.07) is 0.750. The molecule has 3 fully saturated rings. The van der Waals surface area contributed by atoms with Crippen molar-refractivity contribution in [2.24, 2.45) is 0 Å². The number of rotatable bonds is 4. The lowest BCUT2D eigenvalue weighted by atomic mass is 10.1. The molecule has 1 atom stereocenters. The van der Waals surface area contributed by atoms with Crippen molar-refractivity contribution in [2.75, 3.05) is 32.7 Å². The number of piperidine rings is 1. The van der Waals surface area contributed by atoms with Crippen LogP contribution in [0.25, 0.3) is 0 Å². The van der Waals surface area contributed by atoms with Crippen LogP contribution in [-0.2, 0) is 4.79 Å². The van der Waals surface area contributed by atoms with Crippen LogP contribution in [0, 0.1) is 0 Å². The number of urea groups is 1. The molecule has 3 rings (SSSR count). The number of carbonyl (C=O) groups excluding carboxylic acids is 2. The zero-order valence-electron chi connectivity index (χ0n) is 14.1. The average molecular weight is 322 g/mol. The van der Waals surface area contributed by atoms with Gasteiger partial charge in [0.1, 0.15) is 0 Å². The van der Waals surface area contributed by atoms with E-state index in [1.165, 1.54) is 32.1 Å². The summed E-state index contributed by atoms with van der Waals surface area (Å²) in [5.74, 6) is 0.0406. The molecule has 3 amide bonds. The molecule has 0 unspecified atom stereocenters. The molecule has 2 heterocycles. The van der Waals surface area contributed by atoms with Gasteiger partial charge in [-0.3, -0.25) is 9.69 Å². The van der Waals surface area contributed by atoms with Gasteiger partial charge in [-0.05, 0) is 38.5 Å². The van der Waals surface area contributed by atoms with Gasteiger partial charge in [0, 0.05) is 38.3 Å². The summed E-state index contributed by atoms with van der Waals surface area (Å²) in [5.41, 5.74) is 0. The van der Waals surface area contributed by atoms with Crippen molar-refractivity contribution in [3.05, 3.63) is 0 Å². The molecule has 6 heteroatoms. The third-order valence-corrected chi connectivity index (χ3v) is 5.50. The lowest BCUT2D eigenvalue weighted by Gasteiger charge is -2.27. The van der Waals surface area contributed by atoms with E-state index in [9.17, 15) is 9.59 Å². The second-order valence-electron chi connectivity index (χ2n) is 7.19. The van der Waals surface area contributed by atoms with Gasteiger partial charge in [-0.1, -0.05) is 12.8 Å². The maximum atomic E-state index is 12.0. The van der Waals surface area contributed by atoms with E-state index in [1.807, 2.05) is 4.90 Å². The fraction of sp³-hybridized carbons (Fsp3) is 0.882. The SMILES string of the molecule is O=C(NCC(=O)N1CCCCC1)N[C@@H]1CCN(C2CCCC2)C1. The first kappa shape index (κ1) is 16.6. The van der Waals surface area contributed by atoms with Gasteiger partial charge < -0.3 is 15.5 Å². The van der Waals surface area contributed by atoms with Crippen LogP contribution in [0.4, 0.5) is 4.79 Å². The van der Waals surface area contributed by atoms with Crippen molar-refractivity contribution in [3.8, 4) is 0 Å². The minimum absolute atomic E-state index is 0.0406. The first-order valence-electron chi connectivity index (χ1n) is 9.28. The van der Waals surface area contributed by atoms with Crippen LogP contribution in [-0.4, -0.2) is 66.5 Å². The lowest BCUT2D eigenvalue weighted by Crippen LogP contribution is -2.48. The van der Waals surface area contributed by atoms with E-state index in [4.69, 9.17) is 0 Å². The summed E-state index contributed by atoms with van der Waals surface area (Å²) < 4.78 is 0. The number of hydrogen-bond acceptors (Lipinski definition) is 3. The fourth-order valence-corrected chi connectivity index (χ4v) is 4.15. The molecule has 0 radical (unpaired) electrons. The third kappa shape index (κ3) is 4.59. The summed E-state index contributed by atoms with van der Waals surface area (Å²) in [4.78, 5) is 28.4. The van der Waals surface area contributed by atoms with Gasteiger partial charge in [0.05, 0.1) is 6.54 Å². The molecule has 0 aromatic rings. The summed E-state index contributed by atoms with van der Waals surface area (Å²) in [6.07, 6.45) is 9.69. The van der Waals surface area contributed by atoms with Gasteiger partial charge in [-0.2, -0.15) is 0 Å². The second kappa shape index (κ2) is 7.99. The van der Waals surface area contributed by atoms with Crippen LogP contribution in [0.3, 0.4) is 0 Å². The number of hydrogen-bond donors (Lipinski definition) is 2. The van der Waals surface area contributed by atoms with Crippen molar-refractivity contribution in [3.63, 3.8) is 0 Å². The highest BCUT2D eigenvalue weighted by Gasteiger charge is 2.30. The third-order valence-electron chi connectivity index (χ3n) is 5.50. The van der Waals surface area contributed by atoms with E-state index in [0.717, 1.165) is 51.5 Å². The molecule has 2 saturated heterocycles. The van der Waals surface area contributed by atoms with Gasteiger partial charge in [-0.25, -0.2) is 4.79 Å². The Bertz CT molecular complexity index is 417. The quantitative estimate of drug-likeness (QED) is 0.820. The Balaban J connectivity index is 1.34. The number of nitrogens with zero attached hydrogens (tertiary/aromatic N) is 2. The van der Waals surface area contributed by atoms with Crippen molar-refractivity contribution in [1.29, 1.82) is 0 Å². The normalized spacial score (nSPS) is 26.4. The van der Waals surface area contributed by atoms with Gasteiger partial charge >= 0.3 is 6.03 Å². The number of carbonyl (C=O) groups is 2. The summed E-state index contributed by atoms with van der Waals surface area (Å²) in [6.45, 7) is 3.83. The molecule has 130 valence electrons. The zero-order chi connectivity index (χ0) is 16.1. The molecule has 6 nitrogen and oxygen atoms in total. The number of likely N-dealkylation sites (tertiary alicyclic amines) is 2. The van der Waals surface area contributed by atoms with E-state index in [2.05, 4.69) is 15.5 Å². The highest BCUT2D eigenvalue weighted by molar-refractivity contribution is 5.84. The minimum atomic E-state index is -0.200. The van der Waals surface area contributed by atoms with Gasteiger partial charge in [0.25, 0.3) is 0 Å². The Morgan fingerprint density at radius 1 is 0.913 bits per heavy atom. The van der Waals surface area contributed by atoms with Crippen LogP contribution < -0.4 is 10.6 Å². The molecule has 0 aromatic heterocycles. The maximum absolute atomic E-state index is 12.0. The standard InChI is InChI=1S/C17H30N4O2/c22-16(20-9-4-1-5-10-20)12-18-17(23)19-14-8-11-21(13-14)15-6-2-3-7-15/h14-15H,1-13H2,(H2,18,19,23)/t14-/m1/s1. The molecule has 3 aliphatic rings. The second-order valence-corrected chi connectivity index (χ2v) is 7.19. The molecule has 23 heavy (non-hydrogen) atoms. The van der Waals surface area contributed by atoms with Crippen LogP contribution in [0.2, 0.25) is 0 Å². The monoisotopic (exact) mass is 322 g/mol. The van der Waals surface area contributed by atoms with Crippen molar-refractivity contribution < 1.29 is 9.59 Å². The minimum Gasteiger partial charge on any atom is -0.341 e. The lowest BCUT2D eigenvalue weighted by molar-refractivity contribution is -0.130. The maximum Gasteiger partial charge on any atom is 0.315 e. The van der Waals surface area contributed by atoms with Crippen molar-refractivity contribution in [2.45, 2.75) is 63.5 Å². The zero-order valence-corrected chi connectivity index (χ0v) is 14.1. The molecule has 0 bridgehead atoms. The average Bonchev–Trinajstić information content (AvgIpc) is 3.24. The Kier molecular flexibility index (Phi) is 5.75. The molecule has 1 saturated carbocycles. The largest absolute Gasteiger partial charge is 0.341 e. The molecular formula is C17H30N4O2.